The van der Waals surface area contributed by atoms with Crippen molar-refractivity contribution in [3.8, 4) is 0 Å². The molecule has 108 valence electrons. The third kappa shape index (κ3) is 5.61. The predicted octanol–water partition coefficient (Wildman–Crippen LogP) is 3.01. The lowest BCUT2D eigenvalue weighted by Gasteiger charge is -2.09. The normalized spacial score (nSPS) is 12.6. The van der Waals surface area contributed by atoms with Crippen LogP contribution in [-0.2, 0) is 10.0 Å². The van der Waals surface area contributed by atoms with Crippen molar-refractivity contribution >= 4 is 10.0 Å². The van der Waals surface area contributed by atoms with E-state index in [-0.39, 0.29) is 24.3 Å². The average molecular weight is 295 g/mol. The van der Waals surface area contributed by atoms with Gasteiger partial charge in [0.05, 0.1) is 4.90 Å². The van der Waals surface area contributed by atoms with Crippen LogP contribution in [-0.4, -0.2) is 21.1 Å². The van der Waals surface area contributed by atoms with Crippen LogP contribution in [0.2, 0.25) is 0 Å². The lowest BCUT2D eigenvalue weighted by Crippen LogP contribution is -2.25. The topological polar surface area (TPSA) is 46.2 Å². The number of alkyl halides is 3. The van der Waals surface area contributed by atoms with Crippen LogP contribution >= 0.6 is 0 Å². The maximum absolute atomic E-state index is 11.9. The molecule has 1 aromatic rings. The molecule has 0 spiro atoms. The summed E-state index contributed by atoms with van der Waals surface area (Å²) >= 11 is 0. The Morgan fingerprint density at radius 3 is 2.37 bits per heavy atom. The lowest BCUT2D eigenvalue weighted by atomic mass is 10.2. The van der Waals surface area contributed by atoms with Crippen molar-refractivity contribution in [1.82, 2.24) is 4.72 Å². The van der Waals surface area contributed by atoms with Crippen molar-refractivity contribution < 1.29 is 21.6 Å². The fourth-order valence-electron chi connectivity index (χ4n) is 1.59. The van der Waals surface area contributed by atoms with E-state index in [4.69, 9.17) is 0 Å². The van der Waals surface area contributed by atoms with Crippen LogP contribution in [0.25, 0.3) is 0 Å². The number of rotatable bonds is 6. The molecule has 0 aliphatic carbocycles. The van der Waals surface area contributed by atoms with Gasteiger partial charge in [-0.1, -0.05) is 18.2 Å². The first-order valence-electron chi connectivity index (χ1n) is 5.84. The van der Waals surface area contributed by atoms with Gasteiger partial charge in [0.2, 0.25) is 10.0 Å². The third-order valence-corrected chi connectivity index (χ3v) is 4.18. The zero-order valence-electron chi connectivity index (χ0n) is 10.5. The largest absolute Gasteiger partial charge is 0.389 e. The number of benzene rings is 1. The highest BCUT2D eigenvalue weighted by atomic mass is 32.2. The fourth-order valence-corrected chi connectivity index (χ4v) is 2.91. The van der Waals surface area contributed by atoms with E-state index >= 15 is 0 Å². The summed E-state index contributed by atoms with van der Waals surface area (Å²) in [5.74, 6) is 0. The van der Waals surface area contributed by atoms with Gasteiger partial charge >= 0.3 is 6.18 Å². The molecular weight excluding hydrogens is 279 g/mol. The molecule has 0 fully saturated rings. The Labute approximate surface area is 110 Å². The van der Waals surface area contributed by atoms with Crippen LogP contribution < -0.4 is 4.72 Å². The van der Waals surface area contributed by atoms with Crippen LogP contribution in [0.4, 0.5) is 13.2 Å². The molecule has 1 rings (SSSR count). The minimum Gasteiger partial charge on any atom is -0.211 e. The van der Waals surface area contributed by atoms with Gasteiger partial charge in [0.1, 0.15) is 0 Å². The van der Waals surface area contributed by atoms with Gasteiger partial charge in [-0.05, 0) is 31.4 Å². The summed E-state index contributed by atoms with van der Waals surface area (Å²) < 4.78 is 61.8. The van der Waals surface area contributed by atoms with Crippen molar-refractivity contribution in [2.75, 3.05) is 6.54 Å². The van der Waals surface area contributed by atoms with E-state index in [9.17, 15) is 21.6 Å². The first-order valence-corrected chi connectivity index (χ1v) is 7.33. The predicted molar refractivity (Wildman–Crippen MR) is 66.3 cm³/mol. The van der Waals surface area contributed by atoms with E-state index in [1.807, 2.05) is 0 Å². The van der Waals surface area contributed by atoms with Crippen molar-refractivity contribution in [3.05, 3.63) is 29.8 Å². The first-order chi connectivity index (χ1) is 8.72. The number of aryl methyl sites for hydroxylation is 1. The quantitative estimate of drug-likeness (QED) is 0.820. The van der Waals surface area contributed by atoms with Crippen LogP contribution in [0, 0.1) is 6.92 Å². The van der Waals surface area contributed by atoms with Crippen LogP contribution in [0.15, 0.2) is 29.2 Å². The lowest BCUT2D eigenvalue weighted by molar-refractivity contribution is -0.135. The summed E-state index contributed by atoms with van der Waals surface area (Å²) in [6, 6.07) is 6.45. The SMILES string of the molecule is Cc1ccccc1S(=O)(=O)NCCCCC(F)(F)F. The number of unbranched alkanes of at least 4 members (excludes halogenated alkanes) is 1. The number of nitrogens with one attached hydrogen (secondary N) is 1. The van der Waals surface area contributed by atoms with Crippen LogP contribution in [0.1, 0.15) is 24.8 Å². The minimum absolute atomic E-state index is 0.00669. The molecule has 3 nitrogen and oxygen atoms in total. The number of hydrogen-bond acceptors (Lipinski definition) is 2. The van der Waals surface area contributed by atoms with Gasteiger partial charge in [-0.25, -0.2) is 13.1 Å². The Hall–Kier alpha value is -1.08. The van der Waals surface area contributed by atoms with Gasteiger partial charge in [0.15, 0.2) is 0 Å². The van der Waals surface area contributed by atoms with Gasteiger partial charge in [0, 0.05) is 13.0 Å². The van der Waals surface area contributed by atoms with Crippen LogP contribution in [0.5, 0.6) is 0 Å². The van der Waals surface area contributed by atoms with Crippen LogP contribution in [0.3, 0.4) is 0 Å². The molecule has 0 aliphatic heterocycles. The zero-order chi connectivity index (χ0) is 14.5. The molecular formula is C12H16F3NO2S. The number of hydrogen-bond donors (Lipinski definition) is 1. The first kappa shape index (κ1) is 16.0. The van der Waals surface area contributed by atoms with E-state index in [1.165, 1.54) is 6.07 Å². The second-order valence-corrected chi connectivity index (χ2v) is 5.97. The zero-order valence-corrected chi connectivity index (χ0v) is 11.3. The molecule has 0 saturated carbocycles. The Morgan fingerprint density at radius 1 is 1.16 bits per heavy atom. The Balaban J connectivity index is 2.47. The van der Waals surface area contributed by atoms with Crippen molar-refractivity contribution in [2.45, 2.75) is 37.3 Å². The van der Waals surface area contributed by atoms with E-state index in [0.29, 0.717) is 5.56 Å². The number of sulfonamides is 1. The van der Waals surface area contributed by atoms with Crippen molar-refractivity contribution in [3.63, 3.8) is 0 Å². The molecule has 19 heavy (non-hydrogen) atoms. The highest BCUT2D eigenvalue weighted by Gasteiger charge is 2.26. The highest BCUT2D eigenvalue weighted by Crippen LogP contribution is 2.22. The summed E-state index contributed by atoms with van der Waals surface area (Å²) in [5, 5.41) is 0. The molecule has 0 bridgehead atoms. The second-order valence-electron chi connectivity index (χ2n) is 4.24. The van der Waals surface area contributed by atoms with E-state index in [1.54, 1.807) is 25.1 Å². The summed E-state index contributed by atoms with van der Waals surface area (Å²) in [5.41, 5.74) is 0.602. The molecule has 0 unspecified atom stereocenters. The average Bonchev–Trinajstić information content (AvgIpc) is 2.27. The summed E-state index contributed by atoms with van der Waals surface area (Å²) in [4.78, 5) is 0.158. The molecule has 0 radical (unpaired) electrons. The van der Waals surface area contributed by atoms with Gasteiger partial charge in [-0.15, -0.1) is 0 Å². The molecule has 7 heteroatoms. The summed E-state index contributed by atoms with van der Waals surface area (Å²) in [6.45, 7) is 1.67. The fraction of sp³-hybridized carbons (Fsp3) is 0.500. The molecule has 0 atom stereocenters. The minimum atomic E-state index is -4.19. The Morgan fingerprint density at radius 2 is 1.79 bits per heavy atom. The van der Waals surface area contributed by atoms with Gasteiger partial charge < -0.3 is 0 Å². The highest BCUT2D eigenvalue weighted by molar-refractivity contribution is 7.89. The maximum Gasteiger partial charge on any atom is 0.389 e. The van der Waals surface area contributed by atoms with E-state index in [2.05, 4.69) is 4.72 Å². The molecule has 1 N–H and O–H groups in total. The summed E-state index contributed by atoms with van der Waals surface area (Å²) in [7, 11) is -3.64. The molecule has 0 heterocycles. The Kier molecular flexibility index (Phi) is 5.37. The maximum atomic E-state index is 11.9. The third-order valence-electron chi connectivity index (χ3n) is 2.56. The standard InChI is InChI=1S/C12H16F3NO2S/c1-10-6-2-3-7-11(10)19(17,18)16-9-5-4-8-12(13,14)15/h2-3,6-7,16H,4-5,8-9H2,1H3. The smallest absolute Gasteiger partial charge is 0.211 e. The molecule has 0 aromatic heterocycles. The van der Waals surface area contributed by atoms with Gasteiger partial charge in [-0.3, -0.25) is 0 Å². The number of halogens is 3. The van der Waals surface area contributed by atoms with Gasteiger partial charge in [-0.2, -0.15) is 13.2 Å². The van der Waals surface area contributed by atoms with Gasteiger partial charge in [0.25, 0.3) is 0 Å². The van der Waals surface area contributed by atoms with Crippen molar-refractivity contribution in [2.24, 2.45) is 0 Å². The second kappa shape index (κ2) is 6.38. The Bertz CT molecular complexity index is 512. The molecule has 1 aromatic carbocycles. The molecule has 0 saturated heterocycles. The molecule has 0 aliphatic rings. The van der Waals surface area contributed by atoms with E-state index in [0.717, 1.165) is 0 Å². The summed E-state index contributed by atoms with van der Waals surface area (Å²) in [6.07, 6.45) is -5.00. The monoisotopic (exact) mass is 295 g/mol. The van der Waals surface area contributed by atoms with Crippen molar-refractivity contribution in [1.29, 1.82) is 0 Å². The molecule has 0 amide bonds. The van der Waals surface area contributed by atoms with E-state index < -0.39 is 22.6 Å².